The van der Waals surface area contributed by atoms with Crippen LogP contribution in [-0.4, -0.2) is 72.0 Å². The Hall–Kier alpha value is -1.69. The summed E-state index contributed by atoms with van der Waals surface area (Å²) in [6.07, 6.45) is 6.49. The third-order valence-corrected chi connectivity index (χ3v) is 4.66. The summed E-state index contributed by atoms with van der Waals surface area (Å²) < 4.78 is 0. The maximum Gasteiger partial charge on any atom is 0.225 e. The summed E-state index contributed by atoms with van der Waals surface area (Å²) in [5.74, 6) is 1.74. The van der Waals surface area contributed by atoms with Gasteiger partial charge in [0, 0.05) is 58.6 Å². The molecule has 1 atom stereocenters. The van der Waals surface area contributed by atoms with Gasteiger partial charge in [0.25, 0.3) is 0 Å². The smallest absolute Gasteiger partial charge is 0.225 e. The molecule has 6 nitrogen and oxygen atoms in total. The number of hydrogen-bond donors (Lipinski definition) is 0. The second-order valence-corrected chi connectivity index (χ2v) is 6.37. The minimum atomic E-state index is 0.291. The lowest BCUT2D eigenvalue weighted by Crippen LogP contribution is -2.42. The zero-order valence-electron chi connectivity index (χ0n) is 13.3. The molecule has 3 rings (SSSR count). The quantitative estimate of drug-likeness (QED) is 0.829. The summed E-state index contributed by atoms with van der Waals surface area (Å²) in [5, 5.41) is 0. The second kappa shape index (κ2) is 7.05. The van der Waals surface area contributed by atoms with Crippen molar-refractivity contribution in [2.75, 3.05) is 51.2 Å². The van der Waals surface area contributed by atoms with Crippen molar-refractivity contribution in [3.63, 3.8) is 0 Å². The molecule has 0 spiro atoms. The maximum absolute atomic E-state index is 11.6. The normalized spacial score (nSPS) is 24.4. The zero-order chi connectivity index (χ0) is 15.4. The Kier molecular flexibility index (Phi) is 4.87. The van der Waals surface area contributed by atoms with E-state index < -0.39 is 0 Å². The number of hydrogen-bond acceptors (Lipinski definition) is 5. The molecule has 0 aromatic carbocycles. The molecular formula is C16H25N5O. The monoisotopic (exact) mass is 303 g/mol. The van der Waals surface area contributed by atoms with Gasteiger partial charge in [0.05, 0.1) is 0 Å². The lowest BCUT2D eigenvalue weighted by Gasteiger charge is -2.33. The summed E-state index contributed by atoms with van der Waals surface area (Å²) in [5.41, 5.74) is 0. The maximum atomic E-state index is 11.6. The number of carbonyl (C=O) groups is 1. The largest absolute Gasteiger partial charge is 0.345 e. The number of piperidine rings is 1. The summed E-state index contributed by atoms with van der Waals surface area (Å²) in [4.78, 5) is 27.0. The van der Waals surface area contributed by atoms with Crippen molar-refractivity contribution in [2.24, 2.45) is 5.92 Å². The third kappa shape index (κ3) is 3.74. The molecule has 0 bridgehead atoms. The third-order valence-electron chi connectivity index (χ3n) is 4.66. The minimum absolute atomic E-state index is 0.291. The molecule has 1 amide bonds. The van der Waals surface area contributed by atoms with Gasteiger partial charge >= 0.3 is 0 Å². The fourth-order valence-corrected chi connectivity index (χ4v) is 3.42. The number of amides is 1. The van der Waals surface area contributed by atoms with Gasteiger partial charge in [0.1, 0.15) is 0 Å². The van der Waals surface area contributed by atoms with Gasteiger partial charge in [-0.05, 0) is 31.4 Å². The Bertz CT molecular complexity index is 495. The zero-order valence-corrected chi connectivity index (χ0v) is 13.3. The van der Waals surface area contributed by atoms with E-state index in [1.807, 2.05) is 18.0 Å². The van der Waals surface area contributed by atoms with Crippen LogP contribution in [0.25, 0.3) is 0 Å². The summed E-state index contributed by atoms with van der Waals surface area (Å²) in [6.45, 7) is 6.17. The van der Waals surface area contributed by atoms with Crippen LogP contribution in [0.1, 0.15) is 19.3 Å². The van der Waals surface area contributed by atoms with Gasteiger partial charge in [-0.25, -0.2) is 9.97 Å². The molecule has 2 aliphatic heterocycles. The highest BCUT2D eigenvalue weighted by Crippen LogP contribution is 2.19. The van der Waals surface area contributed by atoms with Crippen LogP contribution in [0.4, 0.5) is 5.95 Å². The minimum Gasteiger partial charge on any atom is -0.345 e. The van der Waals surface area contributed by atoms with Crippen molar-refractivity contribution in [3.05, 3.63) is 18.5 Å². The topological polar surface area (TPSA) is 52.6 Å². The van der Waals surface area contributed by atoms with Gasteiger partial charge in [-0.2, -0.15) is 0 Å². The van der Waals surface area contributed by atoms with Crippen molar-refractivity contribution in [3.8, 4) is 0 Å². The van der Waals surface area contributed by atoms with Gasteiger partial charge in [0.2, 0.25) is 11.9 Å². The van der Waals surface area contributed by atoms with Crippen LogP contribution in [0.2, 0.25) is 0 Å². The van der Waals surface area contributed by atoms with Crippen LogP contribution in [-0.2, 0) is 4.79 Å². The number of nitrogens with zero attached hydrogens (tertiary/aromatic N) is 5. The summed E-state index contributed by atoms with van der Waals surface area (Å²) in [7, 11) is 1.92. The first-order chi connectivity index (χ1) is 10.7. The van der Waals surface area contributed by atoms with Crippen molar-refractivity contribution in [1.29, 1.82) is 0 Å². The van der Waals surface area contributed by atoms with Crippen molar-refractivity contribution in [2.45, 2.75) is 19.3 Å². The van der Waals surface area contributed by atoms with Crippen LogP contribution in [0, 0.1) is 5.92 Å². The highest BCUT2D eigenvalue weighted by atomic mass is 16.2. The lowest BCUT2D eigenvalue weighted by atomic mass is 9.97. The van der Waals surface area contributed by atoms with E-state index in [1.54, 1.807) is 12.4 Å². The molecule has 120 valence electrons. The molecule has 0 N–H and O–H groups in total. The molecular weight excluding hydrogens is 278 g/mol. The summed E-state index contributed by atoms with van der Waals surface area (Å²) in [6, 6.07) is 1.86. The number of rotatable bonds is 3. The standard InChI is InChI=1S/C16H25N5O/c1-19-12-14(4-5-15(19)22)13-20-8-3-9-21(11-10-20)16-17-6-2-7-18-16/h2,6-7,14H,3-5,8-13H2,1H3. The van der Waals surface area contributed by atoms with E-state index >= 15 is 0 Å². The molecule has 2 fully saturated rings. The number of aromatic nitrogens is 2. The van der Waals surface area contributed by atoms with Gasteiger partial charge in [-0.3, -0.25) is 4.79 Å². The summed E-state index contributed by atoms with van der Waals surface area (Å²) >= 11 is 0. The fourth-order valence-electron chi connectivity index (χ4n) is 3.42. The molecule has 3 heterocycles. The molecule has 0 aliphatic carbocycles. The lowest BCUT2D eigenvalue weighted by molar-refractivity contribution is -0.133. The molecule has 1 unspecified atom stereocenters. The van der Waals surface area contributed by atoms with E-state index in [2.05, 4.69) is 19.8 Å². The molecule has 22 heavy (non-hydrogen) atoms. The molecule has 2 aliphatic rings. The van der Waals surface area contributed by atoms with Crippen LogP contribution in [0.5, 0.6) is 0 Å². The van der Waals surface area contributed by atoms with E-state index in [-0.39, 0.29) is 0 Å². The average molecular weight is 303 g/mol. The van der Waals surface area contributed by atoms with E-state index in [1.165, 1.54) is 0 Å². The molecule has 1 aromatic heterocycles. The van der Waals surface area contributed by atoms with E-state index in [4.69, 9.17) is 0 Å². The highest BCUT2D eigenvalue weighted by molar-refractivity contribution is 5.76. The van der Waals surface area contributed by atoms with Gasteiger partial charge in [-0.15, -0.1) is 0 Å². The van der Waals surface area contributed by atoms with Gasteiger partial charge in [0.15, 0.2) is 0 Å². The molecule has 0 saturated carbocycles. The van der Waals surface area contributed by atoms with Crippen molar-refractivity contribution in [1.82, 2.24) is 19.8 Å². The first-order valence-corrected chi connectivity index (χ1v) is 8.20. The Morgan fingerprint density at radius 2 is 2.00 bits per heavy atom. The highest BCUT2D eigenvalue weighted by Gasteiger charge is 2.25. The van der Waals surface area contributed by atoms with Crippen LogP contribution < -0.4 is 4.90 Å². The van der Waals surface area contributed by atoms with Crippen molar-refractivity contribution < 1.29 is 4.79 Å². The molecule has 0 radical (unpaired) electrons. The van der Waals surface area contributed by atoms with Gasteiger partial charge in [-0.1, -0.05) is 0 Å². The van der Waals surface area contributed by atoms with Crippen LogP contribution in [0.3, 0.4) is 0 Å². The van der Waals surface area contributed by atoms with Crippen molar-refractivity contribution >= 4 is 11.9 Å². The van der Waals surface area contributed by atoms with Crippen LogP contribution >= 0.6 is 0 Å². The molecule has 1 aromatic rings. The Morgan fingerprint density at radius 1 is 1.18 bits per heavy atom. The van der Waals surface area contributed by atoms with Gasteiger partial charge < -0.3 is 14.7 Å². The SMILES string of the molecule is CN1CC(CN2CCCN(c3ncccn3)CC2)CCC1=O. The van der Waals surface area contributed by atoms with E-state index in [0.717, 1.165) is 58.1 Å². The Labute approximate surface area is 132 Å². The molecule has 6 heteroatoms. The van der Waals surface area contributed by atoms with Crippen LogP contribution in [0.15, 0.2) is 18.5 Å². The molecule has 2 saturated heterocycles. The van der Waals surface area contributed by atoms with E-state index in [9.17, 15) is 4.79 Å². The second-order valence-electron chi connectivity index (χ2n) is 6.37. The first-order valence-electron chi connectivity index (χ1n) is 8.20. The predicted octanol–water partition coefficient (Wildman–Crippen LogP) is 0.857. The number of anilines is 1. The number of carbonyl (C=O) groups excluding carboxylic acids is 1. The fraction of sp³-hybridized carbons (Fsp3) is 0.688. The Morgan fingerprint density at radius 3 is 2.77 bits per heavy atom. The first kappa shape index (κ1) is 15.2. The average Bonchev–Trinajstić information content (AvgIpc) is 2.77. The van der Waals surface area contributed by atoms with E-state index in [0.29, 0.717) is 18.2 Å². The predicted molar refractivity (Wildman–Crippen MR) is 85.7 cm³/mol. The number of likely N-dealkylation sites (tertiary alicyclic amines) is 1. The Balaban J connectivity index is 1.51.